The lowest BCUT2D eigenvalue weighted by atomic mass is 9.88. The van der Waals surface area contributed by atoms with E-state index in [0.717, 1.165) is 25.7 Å². The zero-order valence-corrected chi connectivity index (χ0v) is 12.2. The lowest BCUT2D eigenvalue weighted by molar-refractivity contribution is 0.134. The molecular weight excluding hydrogens is 286 g/mol. The van der Waals surface area contributed by atoms with Gasteiger partial charge in [-0.25, -0.2) is 13.1 Å². The maximum absolute atomic E-state index is 12.2. The Labute approximate surface area is 118 Å². The SMILES string of the molecule is O=S(=O)(NCC1(CO)CCCC1)c1ccccc1Cl. The number of sulfonamides is 1. The summed E-state index contributed by atoms with van der Waals surface area (Å²) in [6.07, 6.45) is 3.78. The van der Waals surface area contributed by atoms with Gasteiger partial charge in [-0.05, 0) is 25.0 Å². The van der Waals surface area contributed by atoms with Gasteiger partial charge in [0.05, 0.1) is 5.02 Å². The van der Waals surface area contributed by atoms with E-state index in [1.165, 1.54) is 6.07 Å². The Morgan fingerprint density at radius 3 is 2.47 bits per heavy atom. The van der Waals surface area contributed by atoms with Gasteiger partial charge in [-0.3, -0.25) is 0 Å². The Kier molecular flexibility index (Phi) is 4.50. The summed E-state index contributed by atoms with van der Waals surface area (Å²) in [5, 5.41) is 9.69. The Bertz CT molecular complexity index is 539. The summed E-state index contributed by atoms with van der Waals surface area (Å²) in [6.45, 7) is 0.273. The van der Waals surface area contributed by atoms with Gasteiger partial charge in [0.25, 0.3) is 0 Å². The zero-order chi connectivity index (χ0) is 13.9. The van der Waals surface area contributed by atoms with Gasteiger partial charge in [-0.2, -0.15) is 0 Å². The molecule has 0 aromatic heterocycles. The van der Waals surface area contributed by atoms with Crippen molar-refractivity contribution >= 4 is 21.6 Å². The fourth-order valence-electron chi connectivity index (χ4n) is 2.50. The molecule has 1 aliphatic rings. The van der Waals surface area contributed by atoms with Crippen molar-refractivity contribution < 1.29 is 13.5 Å². The van der Waals surface area contributed by atoms with E-state index in [0.29, 0.717) is 0 Å². The van der Waals surface area contributed by atoms with Crippen LogP contribution in [0.15, 0.2) is 29.2 Å². The average Bonchev–Trinajstić information content (AvgIpc) is 2.86. The molecule has 2 N–H and O–H groups in total. The van der Waals surface area contributed by atoms with Gasteiger partial charge in [0.15, 0.2) is 0 Å². The number of nitrogens with one attached hydrogen (secondary N) is 1. The molecule has 0 radical (unpaired) electrons. The molecule has 0 spiro atoms. The van der Waals surface area contributed by atoms with Crippen molar-refractivity contribution in [3.05, 3.63) is 29.3 Å². The van der Waals surface area contributed by atoms with Crippen LogP contribution in [0.2, 0.25) is 5.02 Å². The maximum atomic E-state index is 12.2. The molecule has 19 heavy (non-hydrogen) atoms. The molecule has 0 unspecified atom stereocenters. The molecule has 2 rings (SSSR count). The van der Waals surface area contributed by atoms with Gasteiger partial charge in [0.2, 0.25) is 10.0 Å². The fourth-order valence-corrected chi connectivity index (χ4v) is 4.18. The minimum atomic E-state index is -3.62. The summed E-state index contributed by atoms with van der Waals surface area (Å²) >= 11 is 5.90. The van der Waals surface area contributed by atoms with E-state index in [2.05, 4.69) is 4.72 Å². The van der Waals surface area contributed by atoms with Crippen LogP contribution < -0.4 is 4.72 Å². The third-order valence-electron chi connectivity index (χ3n) is 3.76. The smallest absolute Gasteiger partial charge is 0.242 e. The fraction of sp³-hybridized carbons (Fsp3) is 0.538. The molecule has 0 atom stereocenters. The second kappa shape index (κ2) is 5.79. The van der Waals surface area contributed by atoms with E-state index in [1.807, 2.05) is 0 Å². The maximum Gasteiger partial charge on any atom is 0.242 e. The van der Waals surface area contributed by atoms with Crippen LogP contribution in [0.5, 0.6) is 0 Å². The highest BCUT2D eigenvalue weighted by Crippen LogP contribution is 2.37. The first-order valence-corrected chi connectivity index (χ1v) is 8.20. The summed E-state index contributed by atoms with van der Waals surface area (Å²) in [5.74, 6) is 0. The number of aliphatic hydroxyl groups is 1. The molecule has 4 nitrogen and oxygen atoms in total. The molecule has 6 heteroatoms. The number of benzene rings is 1. The molecule has 0 amide bonds. The minimum Gasteiger partial charge on any atom is -0.396 e. The third-order valence-corrected chi connectivity index (χ3v) is 5.66. The van der Waals surface area contributed by atoms with Crippen molar-refractivity contribution in [2.24, 2.45) is 5.41 Å². The van der Waals surface area contributed by atoms with Crippen LogP contribution in [0.3, 0.4) is 0 Å². The first kappa shape index (κ1) is 14.8. The molecule has 1 aromatic rings. The van der Waals surface area contributed by atoms with Gasteiger partial charge in [0.1, 0.15) is 4.90 Å². The summed E-state index contributed by atoms with van der Waals surface area (Å²) in [4.78, 5) is 0.0859. The van der Waals surface area contributed by atoms with Crippen molar-refractivity contribution in [1.29, 1.82) is 0 Å². The Morgan fingerprint density at radius 1 is 1.26 bits per heavy atom. The molecule has 1 saturated carbocycles. The number of rotatable bonds is 5. The summed E-state index contributed by atoms with van der Waals surface area (Å²) in [6, 6.07) is 6.35. The van der Waals surface area contributed by atoms with Gasteiger partial charge in [-0.15, -0.1) is 0 Å². The summed E-state index contributed by atoms with van der Waals surface area (Å²) in [7, 11) is -3.62. The third kappa shape index (κ3) is 3.28. The first-order chi connectivity index (χ1) is 8.99. The van der Waals surface area contributed by atoms with E-state index in [-0.39, 0.29) is 28.5 Å². The molecule has 1 fully saturated rings. The van der Waals surface area contributed by atoms with Gasteiger partial charge < -0.3 is 5.11 Å². The Morgan fingerprint density at radius 2 is 1.89 bits per heavy atom. The number of halogens is 1. The van der Waals surface area contributed by atoms with Gasteiger partial charge >= 0.3 is 0 Å². The lowest BCUT2D eigenvalue weighted by Crippen LogP contribution is -2.38. The second-order valence-corrected chi connectivity index (χ2v) is 7.26. The molecule has 1 aromatic carbocycles. The van der Waals surface area contributed by atoms with Crippen molar-refractivity contribution in [1.82, 2.24) is 4.72 Å². The second-order valence-electron chi connectivity index (χ2n) is 5.12. The van der Waals surface area contributed by atoms with E-state index >= 15 is 0 Å². The van der Waals surface area contributed by atoms with E-state index in [1.54, 1.807) is 18.2 Å². The first-order valence-electron chi connectivity index (χ1n) is 6.34. The highest BCUT2D eigenvalue weighted by Gasteiger charge is 2.34. The highest BCUT2D eigenvalue weighted by atomic mass is 35.5. The molecule has 0 bridgehead atoms. The van der Waals surface area contributed by atoms with E-state index in [4.69, 9.17) is 11.6 Å². The highest BCUT2D eigenvalue weighted by molar-refractivity contribution is 7.89. The molecule has 106 valence electrons. The van der Waals surface area contributed by atoms with Gasteiger partial charge in [0, 0.05) is 18.6 Å². The van der Waals surface area contributed by atoms with Crippen LogP contribution in [-0.4, -0.2) is 26.7 Å². The standard InChI is InChI=1S/C13H18ClNO3S/c14-11-5-1-2-6-12(11)19(17,18)15-9-13(10-16)7-3-4-8-13/h1-2,5-6,15-16H,3-4,7-10H2. The van der Waals surface area contributed by atoms with Crippen LogP contribution in [0, 0.1) is 5.41 Å². The topological polar surface area (TPSA) is 66.4 Å². The average molecular weight is 304 g/mol. The van der Waals surface area contributed by atoms with Crippen molar-refractivity contribution in [3.63, 3.8) is 0 Å². The molecule has 0 heterocycles. The normalized spacial score (nSPS) is 18.6. The number of hydrogen-bond donors (Lipinski definition) is 2. The van der Waals surface area contributed by atoms with Crippen LogP contribution in [0.25, 0.3) is 0 Å². The molecule has 0 aliphatic heterocycles. The predicted molar refractivity (Wildman–Crippen MR) is 74.6 cm³/mol. The minimum absolute atomic E-state index is 0.0119. The molecule has 1 aliphatic carbocycles. The number of aliphatic hydroxyl groups excluding tert-OH is 1. The molecule has 0 saturated heterocycles. The zero-order valence-electron chi connectivity index (χ0n) is 10.6. The van der Waals surface area contributed by atoms with Crippen molar-refractivity contribution in [2.75, 3.05) is 13.2 Å². The Balaban J connectivity index is 2.12. The predicted octanol–water partition coefficient (Wildman–Crippen LogP) is 2.17. The van der Waals surface area contributed by atoms with Crippen LogP contribution in [-0.2, 0) is 10.0 Å². The number of hydrogen-bond acceptors (Lipinski definition) is 3. The van der Waals surface area contributed by atoms with E-state index < -0.39 is 10.0 Å². The molecular formula is C13H18ClNO3S. The largest absolute Gasteiger partial charge is 0.396 e. The van der Waals surface area contributed by atoms with Crippen molar-refractivity contribution in [3.8, 4) is 0 Å². The van der Waals surface area contributed by atoms with Gasteiger partial charge in [-0.1, -0.05) is 36.6 Å². The van der Waals surface area contributed by atoms with Crippen LogP contribution in [0.1, 0.15) is 25.7 Å². The Hall–Kier alpha value is -0.620. The van der Waals surface area contributed by atoms with E-state index in [9.17, 15) is 13.5 Å². The monoisotopic (exact) mass is 303 g/mol. The summed E-state index contributed by atoms with van der Waals surface area (Å²) < 4.78 is 27.0. The quantitative estimate of drug-likeness (QED) is 0.876. The van der Waals surface area contributed by atoms with Crippen LogP contribution >= 0.6 is 11.6 Å². The van der Waals surface area contributed by atoms with Crippen LogP contribution in [0.4, 0.5) is 0 Å². The van der Waals surface area contributed by atoms with Crippen molar-refractivity contribution in [2.45, 2.75) is 30.6 Å². The lowest BCUT2D eigenvalue weighted by Gasteiger charge is -2.26. The summed E-state index contributed by atoms with van der Waals surface area (Å²) in [5.41, 5.74) is -0.311.